The van der Waals surface area contributed by atoms with Crippen molar-refractivity contribution in [3.05, 3.63) is 54.1 Å². The predicted octanol–water partition coefficient (Wildman–Crippen LogP) is 5.51. The van der Waals surface area contributed by atoms with Gasteiger partial charge in [0.15, 0.2) is 0 Å². The van der Waals surface area contributed by atoms with Gasteiger partial charge in [0.2, 0.25) is 0 Å². The summed E-state index contributed by atoms with van der Waals surface area (Å²) in [5, 5.41) is 0. The van der Waals surface area contributed by atoms with Crippen LogP contribution in [0, 0.1) is 0 Å². The number of methoxy groups -OCH3 is 1. The highest BCUT2D eigenvalue weighted by Gasteiger charge is 2.29. The quantitative estimate of drug-likeness (QED) is 0.688. The average Bonchev–Trinajstić information content (AvgIpc) is 2.45. The van der Waals surface area contributed by atoms with E-state index in [2.05, 4.69) is 0 Å². The monoisotopic (exact) mass is 316 g/mol. The fourth-order valence-corrected chi connectivity index (χ4v) is 3.36. The SMILES string of the molecule is COc1ccc(SSc2ccc(C(F)(F)F)cc2)cc1. The van der Waals surface area contributed by atoms with Gasteiger partial charge >= 0.3 is 6.18 Å². The van der Waals surface area contributed by atoms with E-state index in [4.69, 9.17) is 4.74 Å². The first-order chi connectivity index (χ1) is 9.49. The van der Waals surface area contributed by atoms with E-state index < -0.39 is 11.7 Å². The molecule has 2 aromatic rings. The molecule has 106 valence electrons. The zero-order valence-electron chi connectivity index (χ0n) is 10.5. The molecule has 0 aromatic heterocycles. The summed E-state index contributed by atoms with van der Waals surface area (Å²) in [7, 11) is 4.50. The summed E-state index contributed by atoms with van der Waals surface area (Å²) in [6, 6.07) is 12.6. The zero-order valence-corrected chi connectivity index (χ0v) is 12.1. The van der Waals surface area contributed by atoms with E-state index >= 15 is 0 Å². The molecule has 0 unspecified atom stereocenters. The van der Waals surface area contributed by atoms with Crippen LogP contribution in [0.4, 0.5) is 13.2 Å². The van der Waals surface area contributed by atoms with Crippen molar-refractivity contribution in [3.63, 3.8) is 0 Å². The topological polar surface area (TPSA) is 9.23 Å². The summed E-state index contributed by atoms with van der Waals surface area (Å²) < 4.78 is 42.3. The van der Waals surface area contributed by atoms with E-state index in [1.807, 2.05) is 24.3 Å². The van der Waals surface area contributed by atoms with Gasteiger partial charge in [0.05, 0.1) is 12.7 Å². The van der Waals surface area contributed by atoms with Crippen LogP contribution in [0.3, 0.4) is 0 Å². The van der Waals surface area contributed by atoms with Crippen LogP contribution in [0.25, 0.3) is 0 Å². The van der Waals surface area contributed by atoms with Crippen molar-refractivity contribution >= 4 is 21.6 Å². The van der Waals surface area contributed by atoms with E-state index in [1.54, 1.807) is 7.11 Å². The van der Waals surface area contributed by atoms with Crippen LogP contribution in [-0.4, -0.2) is 7.11 Å². The number of rotatable bonds is 4. The first-order valence-electron chi connectivity index (χ1n) is 5.65. The third kappa shape index (κ3) is 4.11. The molecule has 0 aliphatic heterocycles. The summed E-state index contributed by atoms with van der Waals surface area (Å²) in [5.41, 5.74) is -0.628. The molecule has 0 fully saturated rings. The Morgan fingerprint density at radius 2 is 1.25 bits per heavy atom. The molecule has 2 aromatic carbocycles. The smallest absolute Gasteiger partial charge is 0.416 e. The van der Waals surface area contributed by atoms with Crippen LogP contribution in [0.15, 0.2) is 58.3 Å². The standard InChI is InChI=1S/C14H11F3OS2/c1-18-11-4-8-13(9-5-11)20-19-12-6-2-10(3-7-12)14(15,16)17/h2-9H,1H3. The van der Waals surface area contributed by atoms with Crippen molar-refractivity contribution in [2.24, 2.45) is 0 Å². The highest BCUT2D eigenvalue weighted by Crippen LogP contribution is 2.39. The van der Waals surface area contributed by atoms with Gasteiger partial charge in [0, 0.05) is 9.79 Å². The number of hydrogen-bond acceptors (Lipinski definition) is 3. The number of alkyl halides is 3. The van der Waals surface area contributed by atoms with Crippen LogP contribution in [0.1, 0.15) is 5.56 Å². The second kappa shape index (κ2) is 6.45. The maximum atomic E-state index is 12.4. The second-order valence-electron chi connectivity index (χ2n) is 3.86. The Hall–Kier alpha value is -1.27. The Morgan fingerprint density at radius 3 is 1.65 bits per heavy atom. The van der Waals surface area contributed by atoms with Gasteiger partial charge in [-0.05, 0) is 48.5 Å². The molecule has 0 radical (unpaired) electrons. The Kier molecular flexibility index (Phi) is 4.88. The second-order valence-corrected chi connectivity index (χ2v) is 6.14. The third-order valence-corrected chi connectivity index (χ3v) is 4.89. The average molecular weight is 316 g/mol. The molecular formula is C14H11F3OS2. The summed E-state index contributed by atoms with van der Waals surface area (Å²) in [6.45, 7) is 0. The van der Waals surface area contributed by atoms with Crippen molar-refractivity contribution in [3.8, 4) is 5.75 Å². The molecule has 0 spiro atoms. The van der Waals surface area contributed by atoms with Crippen LogP contribution < -0.4 is 4.74 Å². The molecule has 0 saturated heterocycles. The normalized spacial score (nSPS) is 11.4. The van der Waals surface area contributed by atoms with Crippen LogP contribution in [0.2, 0.25) is 0 Å². The summed E-state index contributed by atoms with van der Waals surface area (Å²) >= 11 is 0. The molecule has 0 amide bonds. The highest BCUT2D eigenvalue weighted by molar-refractivity contribution is 8.76. The lowest BCUT2D eigenvalue weighted by molar-refractivity contribution is -0.137. The van der Waals surface area contributed by atoms with E-state index in [1.165, 1.54) is 33.7 Å². The van der Waals surface area contributed by atoms with E-state index in [0.29, 0.717) is 0 Å². The maximum absolute atomic E-state index is 12.4. The Balaban J connectivity index is 1.96. The first kappa shape index (κ1) is 15.1. The minimum atomic E-state index is -4.29. The molecule has 0 saturated carbocycles. The molecular weight excluding hydrogens is 305 g/mol. The van der Waals surface area contributed by atoms with Crippen LogP contribution in [-0.2, 0) is 6.18 Å². The van der Waals surface area contributed by atoms with Gasteiger partial charge in [-0.2, -0.15) is 13.2 Å². The van der Waals surface area contributed by atoms with Gasteiger partial charge < -0.3 is 4.74 Å². The van der Waals surface area contributed by atoms with Gasteiger partial charge in [-0.15, -0.1) is 0 Å². The van der Waals surface area contributed by atoms with Gasteiger partial charge in [-0.25, -0.2) is 0 Å². The van der Waals surface area contributed by atoms with Crippen molar-refractivity contribution in [2.75, 3.05) is 7.11 Å². The minimum Gasteiger partial charge on any atom is -0.497 e. The van der Waals surface area contributed by atoms with Crippen molar-refractivity contribution in [1.82, 2.24) is 0 Å². The summed E-state index contributed by atoms with van der Waals surface area (Å²) in [4.78, 5) is 1.79. The van der Waals surface area contributed by atoms with E-state index in [0.717, 1.165) is 27.7 Å². The summed E-state index contributed by atoms with van der Waals surface area (Å²) in [5.74, 6) is 0.772. The number of benzene rings is 2. The molecule has 6 heteroatoms. The van der Waals surface area contributed by atoms with E-state index in [-0.39, 0.29) is 0 Å². The largest absolute Gasteiger partial charge is 0.497 e. The lowest BCUT2D eigenvalue weighted by Gasteiger charge is -2.07. The van der Waals surface area contributed by atoms with Crippen molar-refractivity contribution < 1.29 is 17.9 Å². The summed E-state index contributed by atoms with van der Waals surface area (Å²) in [6.07, 6.45) is -4.29. The van der Waals surface area contributed by atoms with Gasteiger partial charge in [-0.3, -0.25) is 0 Å². The lowest BCUT2D eigenvalue weighted by Crippen LogP contribution is -2.03. The first-order valence-corrected chi connectivity index (χ1v) is 7.80. The Bertz CT molecular complexity index is 550. The molecule has 0 aliphatic rings. The van der Waals surface area contributed by atoms with Crippen LogP contribution >= 0.6 is 21.6 Å². The lowest BCUT2D eigenvalue weighted by atomic mass is 10.2. The minimum absolute atomic E-state index is 0.628. The van der Waals surface area contributed by atoms with Gasteiger partial charge in [0.1, 0.15) is 5.75 Å². The van der Waals surface area contributed by atoms with Gasteiger partial charge in [0.25, 0.3) is 0 Å². The molecule has 0 N–H and O–H groups in total. The predicted molar refractivity (Wildman–Crippen MR) is 76.2 cm³/mol. The molecule has 20 heavy (non-hydrogen) atoms. The third-order valence-electron chi connectivity index (χ3n) is 2.48. The molecule has 2 rings (SSSR count). The van der Waals surface area contributed by atoms with Gasteiger partial charge in [-0.1, -0.05) is 21.6 Å². The Morgan fingerprint density at radius 1 is 0.800 bits per heavy atom. The fraction of sp³-hybridized carbons (Fsp3) is 0.143. The number of hydrogen-bond donors (Lipinski definition) is 0. The highest BCUT2D eigenvalue weighted by atomic mass is 33.1. The zero-order chi connectivity index (χ0) is 14.6. The Labute approximate surface area is 122 Å². The maximum Gasteiger partial charge on any atom is 0.416 e. The number of halogens is 3. The molecule has 1 nitrogen and oxygen atoms in total. The van der Waals surface area contributed by atoms with Crippen molar-refractivity contribution in [1.29, 1.82) is 0 Å². The fourth-order valence-electron chi connectivity index (χ4n) is 1.43. The molecule has 0 atom stereocenters. The molecule has 0 aliphatic carbocycles. The number of ether oxygens (including phenoxy) is 1. The molecule has 0 bridgehead atoms. The van der Waals surface area contributed by atoms with Crippen LogP contribution in [0.5, 0.6) is 5.75 Å². The van der Waals surface area contributed by atoms with E-state index in [9.17, 15) is 13.2 Å². The molecule has 0 heterocycles. The van der Waals surface area contributed by atoms with Crippen molar-refractivity contribution in [2.45, 2.75) is 16.0 Å².